The summed E-state index contributed by atoms with van der Waals surface area (Å²) in [5, 5.41) is 11.4. The van der Waals surface area contributed by atoms with Crippen LogP contribution >= 0.6 is 0 Å². The molecular weight excluding hydrogens is 346 g/mol. The van der Waals surface area contributed by atoms with Gasteiger partial charge >= 0.3 is 11.9 Å². The molecular formula is C21H39NO5. The van der Waals surface area contributed by atoms with E-state index in [2.05, 4.69) is 12.2 Å². The van der Waals surface area contributed by atoms with Crippen LogP contribution in [0.4, 0.5) is 0 Å². The van der Waals surface area contributed by atoms with Crippen molar-refractivity contribution >= 4 is 17.8 Å². The number of hydrogen-bond donors (Lipinski definition) is 2. The standard InChI is InChI=1S/C21H39NO5/c1-3-5-6-7-8-9-10-11-12-13-17-27-21(26)18(15-16-20(24)25)22-19(23)14-4-2/h18H,3-17H2,1-2H3,(H,22,23)(H,24,25)/t18-/m0/s1. The molecule has 1 atom stereocenters. The maximum Gasteiger partial charge on any atom is 0.328 e. The summed E-state index contributed by atoms with van der Waals surface area (Å²) in [4.78, 5) is 34.6. The van der Waals surface area contributed by atoms with E-state index >= 15 is 0 Å². The molecule has 0 fully saturated rings. The minimum atomic E-state index is -0.993. The van der Waals surface area contributed by atoms with Crippen LogP contribution in [0, 0.1) is 0 Å². The van der Waals surface area contributed by atoms with E-state index in [0.717, 1.165) is 19.3 Å². The molecule has 0 aliphatic heterocycles. The maximum atomic E-state index is 12.1. The monoisotopic (exact) mass is 385 g/mol. The van der Waals surface area contributed by atoms with Crippen LogP contribution in [0.25, 0.3) is 0 Å². The second-order valence-electron chi connectivity index (χ2n) is 7.15. The van der Waals surface area contributed by atoms with E-state index < -0.39 is 18.0 Å². The summed E-state index contributed by atoms with van der Waals surface area (Å²) in [5.74, 6) is -1.77. The first kappa shape index (κ1) is 25.4. The van der Waals surface area contributed by atoms with Crippen molar-refractivity contribution in [1.82, 2.24) is 5.32 Å². The molecule has 0 aromatic rings. The van der Waals surface area contributed by atoms with Gasteiger partial charge in [0.05, 0.1) is 6.61 Å². The largest absolute Gasteiger partial charge is 0.481 e. The molecule has 2 N–H and O–H groups in total. The third kappa shape index (κ3) is 16.3. The van der Waals surface area contributed by atoms with Crippen molar-refractivity contribution in [3.05, 3.63) is 0 Å². The Morgan fingerprint density at radius 3 is 1.89 bits per heavy atom. The Morgan fingerprint density at radius 2 is 1.37 bits per heavy atom. The van der Waals surface area contributed by atoms with E-state index in [1.807, 2.05) is 6.92 Å². The van der Waals surface area contributed by atoms with Gasteiger partial charge in [-0.15, -0.1) is 0 Å². The first-order chi connectivity index (χ1) is 13.0. The smallest absolute Gasteiger partial charge is 0.328 e. The van der Waals surface area contributed by atoms with Gasteiger partial charge in [0.15, 0.2) is 0 Å². The van der Waals surface area contributed by atoms with Crippen LogP contribution in [0.15, 0.2) is 0 Å². The molecule has 0 aromatic carbocycles. The summed E-state index contributed by atoms with van der Waals surface area (Å²) in [7, 11) is 0. The second kappa shape index (κ2) is 17.8. The third-order valence-electron chi connectivity index (χ3n) is 4.49. The average molecular weight is 386 g/mol. The molecule has 0 unspecified atom stereocenters. The number of carboxylic acid groups (broad SMARTS) is 1. The summed E-state index contributed by atoms with van der Waals surface area (Å²) >= 11 is 0. The molecule has 6 nitrogen and oxygen atoms in total. The highest BCUT2D eigenvalue weighted by Gasteiger charge is 2.22. The maximum absolute atomic E-state index is 12.1. The summed E-state index contributed by atoms with van der Waals surface area (Å²) in [5.41, 5.74) is 0. The van der Waals surface area contributed by atoms with Crippen molar-refractivity contribution in [2.45, 2.75) is 110 Å². The quantitative estimate of drug-likeness (QED) is 0.266. The molecule has 0 spiro atoms. The molecule has 6 heteroatoms. The van der Waals surface area contributed by atoms with Crippen LogP contribution in [0.1, 0.15) is 104 Å². The lowest BCUT2D eigenvalue weighted by Crippen LogP contribution is -2.42. The lowest BCUT2D eigenvalue weighted by Gasteiger charge is -2.17. The predicted molar refractivity (Wildman–Crippen MR) is 107 cm³/mol. The first-order valence-electron chi connectivity index (χ1n) is 10.7. The summed E-state index contributed by atoms with van der Waals surface area (Å²) in [6.07, 6.45) is 12.9. The molecule has 0 aliphatic carbocycles. The fraction of sp³-hybridized carbons (Fsp3) is 0.857. The van der Waals surface area contributed by atoms with Gasteiger partial charge in [-0.2, -0.15) is 0 Å². The van der Waals surface area contributed by atoms with Crippen LogP contribution in [0.5, 0.6) is 0 Å². The lowest BCUT2D eigenvalue weighted by molar-refractivity contribution is -0.148. The Morgan fingerprint density at radius 1 is 0.815 bits per heavy atom. The molecule has 0 saturated carbocycles. The van der Waals surface area contributed by atoms with E-state index in [4.69, 9.17) is 9.84 Å². The van der Waals surface area contributed by atoms with Crippen molar-refractivity contribution in [1.29, 1.82) is 0 Å². The van der Waals surface area contributed by atoms with Crippen molar-refractivity contribution in [2.24, 2.45) is 0 Å². The fourth-order valence-electron chi connectivity index (χ4n) is 2.87. The number of nitrogens with one attached hydrogen (secondary N) is 1. The zero-order valence-electron chi connectivity index (χ0n) is 17.3. The Kier molecular flexibility index (Phi) is 16.8. The highest BCUT2D eigenvalue weighted by atomic mass is 16.5. The first-order valence-corrected chi connectivity index (χ1v) is 10.7. The minimum absolute atomic E-state index is 0.0572. The fourth-order valence-corrected chi connectivity index (χ4v) is 2.87. The number of esters is 1. The molecule has 158 valence electrons. The van der Waals surface area contributed by atoms with Gasteiger partial charge in [0.25, 0.3) is 0 Å². The van der Waals surface area contributed by atoms with Crippen molar-refractivity contribution in [3.63, 3.8) is 0 Å². The van der Waals surface area contributed by atoms with Crippen molar-refractivity contribution in [2.75, 3.05) is 6.61 Å². The third-order valence-corrected chi connectivity index (χ3v) is 4.49. The molecule has 1 amide bonds. The van der Waals surface area contributed by atoms with Gasteiger partial charge in [-0.05, 0) is 19.3 Å². The van der Waals surface area contributed by atoms with Crippen molar-refractivity contribution < 1.29 is 24.2 Å². The number of carbonyl (C=O) groups is 3. The van der Waals surface area contributed by atoms with Gasteiger partial charge in [0.1, 0.15) is 6.04 Å². The second-order valence-corrected chi connectivity index (χ2v) is 7.15. The molecule has 0 aromatic heterocycles. The Balaban J connectivity index is 3.88. The topological polar surface area (TPSA) is 92.7 Å². The number of carbonyl (C=O) groups excluding carboxylic acids is 2. The van der Waals surface area contributed by atoms with E-state index in [-0.39, 0.29) is 18.7 Å². The highest BCUT2D eigenvalue weighted by Crippen LogP contribution is 2.11. The van der Waals surface area contributed by atoms with Crippen molar-refractivity contribution in [3.8, 4) is 0 Å². The SMILES string of the molecule is CCCCCCCCCCCCOC(=O)[C@H](CCC(=O)O)NC(=O)CCC. The Hall–Kier alpha value is -1.59. The number of aliphatic carboxylic acids is 1. The zero-order chi connectivity index (χ0) is 20.3. The number of ether oxygens (including phenoxy) is 1. The number of amides is 1. The van der Waals surface area contributed by atoms with Crippen LogP contribution in [0.3, 0.4) is 0 Å². The molecule has 27 heavy (non-hydrogen) atoms. The van der Waals surface area contributed by atoms with Gasteiger partial charge in [-0.3, -0.25) is 9.59 Å². The van der Waals surface area contributed by atoms with Gasteiger partial charge in [0.2, 0.25) is 5.91 Å². The number of unbranched alkanes of at least 4 members (excludes halogenated alkanes) is 9. The van der Waals surface area contributed by atoms with Crippen LogP contribution in [0.2, 0.25) is 0 Å². The molecule has 0 radical (unpaired) electrons. The Labute approximate surface area is 164 Å². The van der Waals surface area contributed by atoms with Gasteiger partial charge in [-0.1, -0.05) is 71.6 Å². The minimum Gasteiger partial charge on any atom is -0.481 e. The Bertz CT molecular complexity index is 411. The normalized spacial score (nSPS) is 11.8. The van der Waals surface area contributed by atoms with Gasteiger partial charge < -0.3 is 15.2 Å². The average Bonchev–Trinajstić information content (AvgIpc) is 2.63. The zero-order valence-corrected chi connectivity index (χ0v) is 17.3. The van der Waals surface area contributed by atoms with E-state index in [1.54, 1.807) is 0 Å². The van der Waals surface area contributed by atoms with E-state index in [1.165, 1.54) is 44.9 Å². The molecule has 0 bridgehead atoms. The highest BCUT2D eigenvalue weighted by molar-refractivity contribution is 5.84. The van der Waals surface area contributed by atoms with Crippen LogP contribution in [-0.4, -0.2) is 35.6 Å². The number of rotatable bonds is 18. The van der Waals surface area contributed by atoms with Gasteiger partial charge in [-0.25, -0.2) is 4.79 Å². The van der Waals surface area contributed by atoms with Gasteiger partial charge in [0, 0.05) is 12.8 Å². The summed E-state index contributed by atoms with van der Waals surface area (Å²) < 4.78 is 5.24. The van der Waals surface area contributed by atoms with E-state index in [9.17, 15) is 14.4 Å². The molecule has 0 heterocycles. The summed E-state index contributed by atoms with van der Waals surface area (Å²) in [6, 6.07) is -0.872. The summed E-state index contributed by atoms with van der Waals surface area (Å²) in [6.45, 7) is 4.41. The molecule has 0 aliphatic rings. The molecule has 0 saturated heterocycles. The molecule has 0 rings (SSSR count). The number of hydrogen-bond acceptors (Lipinski definition) is 4. The van der Waals surface area contributed by atoms with E-state index in [0.29, 0.717) is 19.4 Å². The predicted octanol–water partition coefficient (Wildman–Crippen LogP) is 4.60. The van der Waals surface area contributed by atoms with Crippen LogP contribution < -0.4 is 5.32 Å². The lowest BCUT2D eigenvalue weighted by atomic mass is 10.1. The number of carboxylic acids is 1. The van der Waals surface area contributed by atoms with Crippen LogP contribution in [-0.2, 0) is 19.1 Å².